The molecule has 0 radical (unpaired) electrons. The molecule has 36 heavy (non-hydrogen) atoms. The Balaban J connectivity index is 1.30. The zero-order valence-electron chi connectivity index (χ0n) is 19.8. The van der Waals surface area contributed by atoms with Crippen LogP contribution in [0.1, 0.15) is 11.4 Å². The van der Waals surface area contributed by atoms with Crippen LogP contribution < -0.4 is 15.6 Å². The number of para-hydroxylation sites is 2. The van der Waals surface area contributed by atoms with E-state index in [4.69, 9.17) is 4.74 Å². The number of rotatable bonds is 7. The molecule has 1 amide bonds. The van der Waals surface area contributed by atoms with Crippen LogP contribution in [0.4, 0.5) is 5.69 Å². The summed E-state index contributed by atoms with van der Waals surface area (Å²) in [6, 6.07) is 26.6. The first-order valence-corrected chi connectivity index (χ1v) is 12.3. The molecule has 0 fully saturated rings. The van der Waals surface area contributed by atoms with E-state index < -0.39 is 0 Å². The van der Waals surface area contributed by atoms with Crippen molar-refractivity contribution in [3.05, 3.63) is 112 Å². The molecular formula is C28H24N4O3S. The highest BCUT2D eigenvalue weighted by atomic mass is 32.1. The SMILES string of the molecule is Cc1c(NC(=O)Cc2csc(-c3cccc(Oc4ccccc4)c3)n2)c(=O)n(-c2ccccc2)n1C. The van der Waals surface area contributed by atoms with Gasteiger partial charge in [0.25, 0.3) is 5.56 Å². The number of carbonyl (C=O) groups is 1. The van der Waals surface area contributed by atoms with Crippen molar-refractivity contribution in [3.63, 3.8) is 0 Å². The van der Waals surface area contributed by atoms with E-state index in [0.717, 1.165) is 22.0 Å². The van der Waals surface area contributed by atoms with E-state index in [1.807, 2.05) is 97.2 Å². The lowest BCUT2D eigenvalue weighted by Gasteiger charge is -2.07. The number of carbonyl (C=O) groups excluding carboxylic acids is 1. The molecule has 0 atom stereocenters. The summed E-state index contributed by atoms with van der Waals surface area (Å²) in [6.45, 7) is 1.81. The third-order valence-corrected chi connectivity index (χ3v) is 6.71. The highest BCUT2D eigenvalue weighted by molar-refractivity contribution is 7.13. The predicted octanol–water partition coefficient (Wildman–Crippen LogP) is 5.58. The van der Waals surface area contributed by atoms with Crippen LogP contribution in [0.2, 0.25) is 0 Å². The molecule has 0 unspecified atom stereocenters. The molecule has 0 saturated heterocycles. The predicted molar refractivity (Wildman–Crippen MR) is 142 cm³/mol. The number of anilines is 1. The van der Waals surface area contributed by atoms with E-state index in [0.29, 0.717) is 17.1 Å². The first-order valence-electron chi connectivity index (χ1n) is 11.4. The number of ether oxygens (including phenoxy) is 1. The van der Waals surface area contributed by atoms with Crippen molar-refractivity contribution in [2.45, 2.75) is 13.3 Å². The van der Waals surface area contributed by atoms with Gasteiger partial charge in [-0.15, -0.1) is 11.3 Å². The molecule has 3 aromatic carbocycles. The van der Waals surface area contributed by atoms with Crippen LogP contribution in [0.5, 0.6) is 11.5 Å². The second-order valence-corrected chi connectivity index (χ2v) is 9.11. The number of amides is 1. The third kappa shape index (κ3) is 4.85. The third-order valence-electron chi connectivity index (χ3n) is 5.77. The van der Waals surface area contributed by atoms with E-state index in [1.54, 1.807) is 11.7 Å². The Bertz CT molecular complexity index is 1570. The van der Waals surface area contributed by atoms with E-state index in [9.17, 15) is 9.59 Å². The molecule has 5 rings (SSSR count). The Hall–Kier alpha value is -4.43. The fourth-order valence-electron chi connectivity index (χ4n) is 3.90. The van der Waals surface area contributed by atoms with Crippen molar-refractivity contribution in [3.8, 4) is 27.8 Å². The summed E-state index contributed by atoms with van der Waals surface area (Å²) in [7, 11) is 1.79. The second kappa shape index (κ2) is 10.1. The fraction of sp³-hybridized carbons (Fsp3) is 0.107. The normalized spacial score (nSPS) is 10.8. The Labute approximate surface area is 212 Å². The molecule has 180 valence electrons. The van der Waals surface area contributed by atoms with Gasteiger partial charge in [-0.3, -0.25) is 14.3 Å². The van der Waals surface area contributed by atoms with Crippen LogP contribution >= 0.6 is 11.3 Å². The van der Waals surface area contributed by atoms with Crippen LogP contribution in [-0.2, 0) is 18.3 Å². The lowest BCUT2D eigenvalue weighted by atomic mass is 10.2. The summed E-state index contributed by atoms with van der Waals surface area (Å²) in [5, 5.41) is 5.45. The van der Waals surface area contributed by atoms with Gasteiger partial charge < -0.3 is 10.1 Å². The summed E-state index contributed by atoms with van der Waals surface area (Å²) in [5.41, 5.74) is 2.95. The smallest absolute Gasteiger partial charge is 0.295 e. The zero-order chi connectivity index (χ0) is 25.1. The minimum absolute atomic E-state index is 0.0653. The first kappa shape index (κ1) is 23.3. The molecule has 5 aromatic rings. The van der Waals surface area contributed by atoms with Crippen molar-refractivity contribution in [1.82, 2.24) is 14.3 Å². The van der Waals surface area contributed by atoms with Gasteiger partial charge in [0.15, 0.2) is 0 Å². The highest BCUT2D eigenvalue weighted by Gasteiger charge is 2.19. The van der Waals surface area contributed by atoms with Gasteiger partial charge in [-0.1, -0.05) is 48.5 Å². The van der Waals surface area contributed by atoms with Gasteiger partial charge in [0.1, 0.15) is 22.2 Å². The standard InChI is InChI=1S/C28H24N4O3S/c1-19-26(28(34)32(31(19)2)22-11-5-3-6-12-22)30-25(33)17-21-18-36-27(29-21)20-10-9-15-24(16-20)35-23-13-7-4-8-14-23/h3-16,18H,17H2,1-2H3,(H,30,33). The number of nitrogens with zero attached hydrogens (tertiary/aromatic N) is 3. The minimum atomic E-state index is -0.293. The number of benzene rings is 3. The van der Waals surface area contributed by atoms with E-state index in [-0.39, 0.29) is 23.6 Å². The van der Waals surface area contributed by atoms with Crippen LogP contribution in [0.3, 0.4) is 0 Å². The van der Waals surface area contributed by atoms with Gasteiger partial charge in [0, 0.05) is 18.0 Å². The summed E-state index contributed by atoms with van der Waals surface area (Å²) in [5.74, 6) is 1.18. The van der Waals surface area contributed by atoms with Gasteiger partial charge in [0.05, 0.1) is 23.5 Å². The molecule has 2 aromatic heterocycles. The lowest BCUT2D eigenvalue weighted by Crippen LogP contribution is -2.23. The molecule has 7 nitrogen and oxygen atoms in total. The second-order valence-electron chi connectivity index (χ2n) is 8.25. The Morgan fingerprint density at radius 3 is 2.42 bits per heavy atom. The minimum Gasteiger partial charge on any atom is -0.457 e. The number of hydrogen-bond acceptors (Lipinski definition) is 5. The Kier molecular flexibility index (Phi) is 6.51. The number of nitrogens with one attached hydrogen (secondary N) is 1. The summed E-state index contributed by atoms with van der Waals surface area (Å²) in [6.07, 6.45) is 0.0653. The largest absolute Gasteiger partial charge is 0.457 e. The number of thiazole rings is 1. The molecule has 8 heteroatoms. The Morgan fingerprint density at radius 1 is 0.972 bits per heavy atom. The van der Waals surface area contributed by atoms with Gasteiger partial charge in [-0.05, 0) is 43.3 Å². The lowest BCUT2D eigenvalue weighted by molar-refractivity contribution is -0.115. The molecule has 2 heterocycles. The molecular weight excluding hydrogens is 472 g/mol. The summed E-state index contributed by atoms with van der Waals surface area (Å²) >= 11 is 1.46. The summed E-state index contributed by atoms with van der Waals surface area (Å²) < 4.78 is 9.20. The first-order chi connectivity index (χ1) is 17.5. The maximum Gasteiger partial charge on any atom is 0.295 e. The molecule has 0 aliphatic carbocycles. The molecule has 0 spiro atoms. The van der Waals surface area contributed by atoms with E-state index >= 15 is 0 Å². The van der Waals surface area contributed by atoms with Crippen molar-refractivity contribution in [2.24, 2.45) is 7.05 Å². The zero-order valence-corrected chi connectivity index (χ0v) is 20.7. The van der Waals surface area contributed by atoms with Crippen molar-refractivity contribution in [1.29, 1.82) is 0 Å². The molecule has 0 bridgehead atoms. The average Bonchev–Trinajstić information content (AvgIpc) is 3.44. The van der Waals surface area contributed by atoms with Gasteiger partial charge >= 0.3 is 0 Å². The highest BCUT2D eigenvalue weighted by Crippen LogP contribution is 2.29. The fourth-order valence-corrected chi connectivity index (χ4v) is 4.72. The topological polar surface area (TPSA) is 78.2 Å². The van der Waals surface area contributed by atoms with E-state index in [1.165, 1.54) is 16.0 Å². The van der Waals surface area contributed by atoms with Crippen LogP contribution in [0.15, 0.2) is 95.1 Å². The van der Waals surface area contributed by atoms with Crippen molar-refractivity contribution >= 4 is 22.9 Å². The van der Waals surface area contributed by atoms with Crippen molar-refractivity contribution < 1.29 is 9.53 Å². The monoisotopic (exact) mass is 496 g/mol. The van der Waals surface area contributed by atoms with Crippen LogP contribution in [-0.4, -0.2) is 20.3 Å². The molecule has 0 saturated carbocycles. The van der Waals surface area contributed by atoms with Crippen molar-refractivity contribution in [2.75, 3.05) is 5.32 Å². The number of hydrogen-bond donors (Lipinski definition) is 1. The van der Waals surface area contributed by atoms with E-state index in [2.05, 4.69) is 10.3 Å². The van der Waals surface area contributed by atoms with Gasteiger partial charge in [-0.25, -0.2) is 9.67 Å². The average molecular weight is 497 g/mol. The molecule has 0 aliphatic rings. The molecule has 0 aliphatic heterocycles. The maximum atomic E-state index is 13.1. The van der Waals surface area contributed by atoms with Crippen LogP contribution in [0.25, 0.3) is 16.3 Å². The maximum absolute atomic E-state index is 13.1. The Morgan fingerprint density at radius 2 is 1.67 bits per heavy atom. The van der Waals surface area contributed by atoms with Gasteiger partial charge in [-0.2, -0.15) is 0 Å². The number of aromatic nitrogens is 3. The summed E-state index contributed by atoms with van der Waals surface area (Å²) in [4.78, 5) is 30.5. The van der Waals surface area contributed by atoms with Gasteiger partial charge in [0.2, 0.25) is 5.91 Å². The molecule has 1 N–H and O–H groups in total. The van der Waals surface area contributed by atoms with Crippen LogP contribution in [0, 0.1) is 6.92 Å². The quantitative estimate of drug-likeness (QED) is 0.319.